The highest BCUT2D eigenvalue weighted by molar-refractivity contribution is 5.41. The molecule has 0 aliphatic heterocycles. The molecule has 0 atom stereocenters. The quantitative estimate of drug-likeness (QED) is 0.728. The third-order valence-corrected chi connectivity index (χ3v) is 4.69. The molecule has 0 saturated heterocycles. The average molecular weight is 262 g/mol. The third-order valence-electron chi connectivity index (χ3n) is 4.69. The van der Waals surface area contributed by atoms with Crippen molar-refractivity contribution in [3.63, 3.8) is 0 Å². The van der Waals surface area contributed by atoms with Crippen LogP contribution in [0.5, 0.6) is 0 Å². The molecular formula is C15H26N4+2. The standard InChI is InChI=1S/C15H26N4/c1-9-19-13(5)12(4)18(8)15(19)14-16(6)10(2)11(3)17(14)7/h9H2,1-8H3/q+2. The van der Waals surface area contributed by atoms with Gasteiger partial charge in [0.25, 0.3) is 0 Å². The molecule has 0 unspecified atom stereocenters. The van der Waals surface area contributed by atoms with E-state index in [1.807, 2.05) is 0 Å². The van der Waals surface area contributed by atoms with Crippen molar-refractivity contribution in [1.82, 2.24) is 9.13 Å². The Morgan fingerprint density at radius 1 is 0.842 bits per heavy atom. The molecule has 0 spiro atoms. The molecule has 0 fully saturated rings. The first-order valence-electron chi connectivity index (χ1n) is 6.90. The lowest BCUT2D eigenvalue weighted by atomic mass is 10.4. The van der Waals surface area contributed by atoms with Crippen molar-refractivity contribution in [2.24, 2.45) is 21.1 Å². The van der Waals surface area contributed by atoms with Crippen molar-refractivity contribution < 1.29 is 9.13 Å². The molecule has 0 bridgehead atoms. The van der Waals surface area contributed by atoms with Crippen molar-refractivity contribution in [2.75, 3.05) is 0 Å². The van der Waals surface area contributed by atoms with Crippen molar-refractivity contribution in [1.29, 1.82) is 0 Å². The van der Waals surface area contributed by atoms with Gasteiger partial charge in [-0.25, -0.2) is 18.3 Å². The van der Waals surface area contributed by atoms with E-state index in [9.17, 15) is 0 Å². The van der Waals surface area contributed by atoms with Crippen molar-refractivity contribution in [3.05, 3.63) is 22.8 Å². The molecule has 0 aromatic carbocycles. The Morgan fingerprint density at radius 3 is 1.74 bits per heavy atom. The van der Waals surface area contributed by atoms with Crippen LogP contribution >= 0.6 is 0 Å². The molecule has 2 aromatic rings. The molecule has 4 heteroatoms. The maximum absolute atomic E-state index is 2.39. The van der Waals surface area contributed by atoms with E-state index in [4.69, 9.17) is 0 Å². The van der Waals surface area contributed by atoms with Gasteiger partial charge in [-0.05, 0) is 6.92 Å². The molecule has 104 valence electrons. The largest absolute Gasteiger partial charge is 0.373 e. The predicted molar refractivity (Wildman–Crippen MR) is 75.8 cm³/mol. The molecule has 0 N–H and O–H groups in total. The van der Waals surface area contributed by atoms with Crippen LogP contribution in [0.2, 0.25) is 0 Å². The molecule has 0 aliphatic rings. The van der Waals surface area contributed by atoms with Gasteiger partial charge in [0.15, 0.2) is 0 Å². The Hall–Kier alpha value is -1.58. The Morgan fingerprint density at radius 2 is 1.32 bits per heavy atom. The SMILES string of the molecule is CCn1c(C)c(C)[n+](C)c1-c1n(C)c(C)c(C)[n+]1C. The lowest BCUT2D eigenvalue weighted by molar-refractivity contribution is -0.696. The second kappa shape index (κ2) is 4.51. The second-order valence-electron chi connectivity index (χ2n) is 5.41. The summed E-state index contributed by atoms with van der Waals surface area (Å²) in [6, 6.07) is 0. The molecule has 0 radical (unpaired) electrons. The summed E-state index contributed by atoms with van der Waals surface area (Å²) in [6.07, 6.45) is 0. The highest BCUT2D eigenvalue weighted by Crippen LogP contribution is 2.19. The Balaban J connectivity index is 2.87. The van der Waals surface area contributed by atoms with Crippen molar-refractivity contribution in [3.8, 4) is 11.6 Å². The summed E-state index contributed by atoms with van der Waals surface area (Å²) in [5.74, 6) is 2.54. The number of imidazole rings is 2. The van der Waals surface area contributed by atoms with Crippen molar-refractivity contribution in [2.45, 2.75) is 41.2 Å². The summed E-state index contributed by atoms with van der Waals surface area (Å²) in [4.78, 5) is 0. The van der Waals surface area contributed by atoms with E-state index in [1.165, 1.54) is 34.4 Å². The van der Waals surface area contributed by atoms with Crippen LogP contribution in [-0.4, -0.2) is 9.13 Å². The van der Waals surface area contributed by atoms with E-state index >= 15 is 0 Å². The minimum atomic E-state index is 0.992. The molecular weight excluding hydrogens is 236 g/mol. The molecule has 0 amide bonds. The lowest BCUT2D eigenvalue weighted by Crippen LogP contribution is -2.40. The number of aromatic nitrogens is 4. The fourth-order valence-electron chi connectivity index (χ4n) is 2.92. The molecule has 2 heterocycles. The van der Waals surface area contributed by atoms with E-state index in [0.29, 0.717) is 0 Å². The maximum Gasteiger partial charge on any atom is 0.373 e. The first-order chi connectivity index (χ1) is 8.82. The van der Waals surface area contributed by atoms with Gasteiger partial charge in [-0.15, -0.1) is 0 Å². The van der Waals surface area contributed by atoms with Gasteiger partial charge in [-0.2, -0.15) is 0 Å². The van der Waals surface area contributed by atoms with Crippen LogP contribution in [0.4, 0.5) is 0 Å². The first kappa shape index (κ1) is 13.8. The zero-order chi connectivity index (χ0) is 14.5. The summed E-state index contributed by atoms with van der Waals surface area (Å²) in [7, 11) is 6.45. The van der Waals surface area contributed by atoms with Crippen LogP contribution in [-0.2, 0) is 27.7 Å². The summed E-state index contributed by atoms with van der Waals surface area (Å²) in [5.41, 5.74) is 5.30. The minimum Gasteiger partial charge on any atom is -0.223 e. The fourth-order valence-corrected chi connectivity index (χ4v) is 2.92. The molecule has 19 heavy (non-hydrogen) atoms. The monoisotopic (exact) mass is 262 g/mol. The van der Waals surface area contributed by atoms with E-state index in [1.54, 1.807) is 0 Å². The number of nitrogens with zero attached hydrogens (tertiary/aromatic N) is 4. The Kier molecular flexibility index (Phi) is 3.29. The van der Waals surface area contributed by atoms with E-state index in [2.05, 4.69) is 74.0 Å². The van der Waals surface area contributed by atoms with Gasteiger partial charge in [0.2, 0.25) is 0 Å². The number of hydrogen-bond acceptors (Lipinski definition) is 0. The molecule has 0 aliphatic carbocycles. The van der Waals surface area contributed by atoms with Gasteiger partial charge in [-0.1, -0.05) is 0 Å². The van der Waals surface area contributed by atoms with Crippen LogP contribution in [0.25, 0.3) is 11.6 Å². The zero-order valence-electron chi connectivity index (χ0n) is 13.5. The third kappa shape index (κ3) is 1.73. The summed E-state index contributed by atoms with van der Waals surface area (Å²) < 4.78 is 9.27. The van der Waals surface area contributed by atoms with E-state index in [0.717, 1.165) is 6.54 Å². The predicted octanol–water partition coefficient (Wildman–Crippen LogP) is 1.40. The summed E-state index contributed by atoms with van der Waals surface area (Å²) >= 11 is 0. The molecule has 4 nitrogen and oxygen atoms in total. The second-order valence-corrected chi connectivity index (χ2v) is 5.41. The van der Waals surface area contributed by atoms with E-state index < -0.39 is 0 Å². The Labute approximate surface area is 115 Å². The van der Waals surface area contributed by atoms with Gasteiger partial charge >= 0.3 is 11.6 Å². The topological polar surface area (TPSA) is 17.6 Å². The average Bonchev–Trinajstić information content (AvgIpc) is 2.71. The van der Waals surface area contributed by atoms with Gasteiger partial charge in [0.05, 0.1) is 27.7 Å². The maximum atomic E-state index is 2.39. The van der Waals surface area contributed by atoms with Gasteiger partial charge in [0, 0.05) is 27.7 Å². The summed E-state index contributed by atoms with van der Waals surface area (Å²) in [5, 5.41) is 0. The molecule has 0 saturated carbocycles. The summed E-state index contributed by atoms with van der Waals surface area (Å²) in [6.45, 7) is 11.9. The smallest absolute Gasteiger partial charge is 0.223 e. The van der Waals surface area contributed by atoms with Crippen LogP contribution in [0.15, 0.2) is 0 Å². The Bertz CT molecular complexity index is 619. The van der Waals surface area contributed by atoms with Gasteiger partial charge < -0.3 is 0 Å². The van der Waals surface area contributed by atoms with Crippen LogP contribution in [0, 0.1) is 27.7 Å². The zero-order valence-corrected chi connectivity index (χ0v) is 13.5. The molecule has 2 rings (SSSR count). The normalized spacial score (nSPS) is 11.4. The van der Waals surface area contributed by atoms with Crippen LogP contribution < -0.4 is 9.13 Å². The molecule has 2 aromatic heterocycles. The fraction of sp³-hybridized carbons (Fsp3) is 0.600. The lowest BCUT2D eigenvalue weighted by Gasteiger charge is -2.00. The van der Waals surface area contributed by atoms with Gasteiger partial charge in [0.1, 0.15) is 22.8 Å². The van der Waals surface area contributed by atoms with E-state index in [-0.39, 0.29) is 0 Å². The first-order valence-corrected chi connectivity index (χ1v) is 6.90. The highest BCUT2D eigenvalue weighted by atomic mass is 15.2. The van der Waals surface area contributed by atoms with Crippen molar-refractivity contribution >= 4 is 0 Å². The minimum absolute atomic E-state index is 0.992. The highest BCUT2D eigenvalue weighted by Gasteiger charge is 2.35. The van der Waals surface area contributed by atoms with Gasteiger partial charge in [-0.3, -0.25) is 0 Å². The number of hydrogen-bond donors (Lipinski definition) is 0. The van der Waals surface area contributed by atoms with Crippen LogP contribution in [0.1, 0.15) is 29.7 Å². The number of rotatable bonds is 2. The van der Waals surface area contributed by atoms with Crippen LogP contribution in [0.3, 0.4) is 0 Å².